The zero-order valence-corrected chi connectivity index (χ0v) is 11.9. The number of nitrogens with one attached hydrogen (secondary N) is 1. The Labute approximate surface area is 125 Å². The normalized spacial score (nSPS) is 10.5. The lowest BCUT2D eigenvalue weighted by Gasteiger charge is -2.06. The maximum Gasteiger partial charge on any atom is 0.249 e. The Hall–Kier alpha value is -2.67. The number of carbonyl (C=O) groups is 1. The van der Waals surface area contributed by atoms with Crippen molar-refractivity contribution in [2.24, 2.45) is 5.73 Å². The van der Waals surface area contributed by atoms with Crippen LogP contribution in [0.1, 0.15) is 15.2 Å². The molecule has 3 rings (SSSR count). The molecule has 0 bridgehead atoms. The average Bonchev–Trinajstić information content (AvgIpc) is 3.17. The highest BCUT2D eigenvalue weighted by Gasteiger charge is 2.04. The highest BCUT2D eigenvalue weighted by molar-refractivity contribution is 7.10. The molecule has 0 atom stereocenters. The molecule has 7 heteroatoms. The van der Waals surface area contributed by atoms with Crippen molar-refractivity contribution in [2.75, 3.05) is 5.32 Å². The molecule has 2 heterocycles. The van der Waals surface area contributed by atoms with Crippen LogP contribution in [0.2, 0.25) is 0 Å². The van der Waals surface area contributed by atoms with Crippen LogP contribution in [0.4, 0.5) is 5.69 Å². The van der Waals surface area contributed by atoms with Gasteiger partial charge in [-0.05, 0) is 30.3 Å². The molecule has 0 saturated heterocycles. The maximum atomic E-state index is 11.0. The maximum absolute atomic E-state index is 11.0. The summed E-state index contributed by atoms with van der Waals surface area (Å²) >= 11 is 1.51. The lowest BCUT2D eigenvalue weighted by atomic mass is 10.2. The molecule has 6 nitrogen and oxygen atoms in total. The number of rotatable bonds is 5. The van der Waals surface area contributed by atoms with Gasteiger partial charge in [-0.1, -0.05) is 0 Å². The predicted octanol–water partition coefficient (Wildman–Crippen LogP) is 2.04. The van der Waals surface area contributed by atoms with Gasteiger partial charge in [-0.3, -0.25) is 4.79 Å². The monoisotopic (exact) mass is 299 g/mol. The minimum atomic E-state index is -0.395. The standard InChI is InChI=1S/C14H13N5OS/c15-14(20)10-7-13(21-9-10)8-16-11-1-3-12(4-2-11)19-17-5-6-18-19/h1-7,9,16H,8H2,(H2,15,20). The molecule has 3 N–H and O–H groups in total. The van der Waals surface area contributed by atoms with Gasteiger partial charge in [0.2, 0.25) is 5.91 Å². The lowest BCUT2D eigenvalue weighted by molar-refractivity contribution is 0.100. The second-order valence-corrected chi connectivity index (χ2v) is 5.38. The summed E-state index contributed by atoms with van der Waals surface area (Å²) in [6.45, 7) is 0.650. The summed E-state index contributed by atoms with van der Waals surface area (Å²) in [5, 5.41) is 13.2. The number of aromatic nitrogens is 3. The van der Waals surface area contributed by atoms with Crippen LogP contribution in [0.3, 0.4) is 0 Å². The molecule has 3 aromatic rings. The van der Waals surface area contributed by atoms with Gasteiger partial charge >= 0.3 is 0 Å². The van der Waals surface area contributed by atoms with E-state index in [4.69, 9.17) is 5.73 Å². The van der Waals surface area contributed by atoms with E-state index < -0.39 is 5.91 Å². The van der Waals surface area contributed by atoms with Gasteiger partial charge < -0.3 is 11.1 Å². The third-order valence-electron chi connectivity index (χ3n) is 2.92. The number of thiophene rings is 1. The molecule has 0 spiro atoms. The highest BCUT2D eigenvalue weighted by atomic mass is 32.1. The second-order valence-electron chi connectivity index (χ2n) is 4.38. The van der Waals surface area contributed by atoms with Crippen LogP contribution in [-0.2, 0) is 6.54 Å². The fraction of sp³-hybridized carbons (Fsp3) is 0.0714. The van der Waals surface area contributed by atoms with E-state index in [0.29, 0.717) is 12.1 Å². The second kappa shape index (κ2) is 5.76. The zero-order chi connectivity index (χ0) is 14.7. The summed E-state index contributed by atoms with van der Waals surface area (Å²) in [5.41, 5.74) is 7.67. The number of benzene rings is 1. The Kier molecular flexibility index (Phi) is 3.65. The van der Waals surface area contributed by atoms with Gasteiger partial charge in [-0.15, -0.1) is 11.3 Å². The Morgan fingerprint density at radius 3 is 2.57 bits per heavy atom. The summed E-state index contributed by atoms with van der Waals surface area (Å²) in [5.74, 6) is -0.395. The number of anilines is 1. The van der Waals surface area contributed by atoms with Crippen LogP contribution in [0.25, 0.3) is 5.69 Å². The highest BCUT2D eigenvalue weighted by Crippen LogP contribution is 2.17. The third-order valence-corrected chi connectivity index (χ3v) is 3.86. The Morgan fingerprint density at radius 2 is 1.95 bits per heavy atom. The molecule has 106 valence electrons. The van der Waals surface area contributed by atoms with Crippen LogP contribution in [0.5, 0.6) is 0 Å². The first-order chi connectivity index (χ1) is 10.2. The molecular weight excluding hydrogens is 286 g/mol. The van der Waals surface area contributed by atoms with Crippen LogP contribution in [0, 0.1) is 0 Å². The fourth-order valence-electron chi connectivity index (χ4n) is 1.85. The number of primary amides is 1. The molecular formula is C14H13N5OS. The van der Waals surface area contributed by atoms with E-state index in [-0.39, 0.29) is 0 Å². The van der Waals surface area contributed by atoms with E-state index in [9.17, 15) is 4.79 Å². The van der Waals surface area contributed by atoms with Crippen molar-refractivity contribution in [3.05, 3.63) is 58.5 Å². The van der Waals surface area contributed by atoms with Crippen molar-refractivity contribution in [1.29, 1.82) is 0 Å². The fourth-order valence-corrected chi connectivity index (χ4v) is 2.67. The molecule has 1 amide bonds. The minimum absolute atomic E-state index is 0.395. The first-order valence-corrected chi connectivity index (χ1v) is 7.18. The number of hydrogen-bond donors (Lipinski definition) is 2. The minimum Gasteiger partial charge on any atom is -0.380 e. The first-order valence-electron chi connectivity index (χ1n) is 6.30. The van der Waals surface area contributed by atoms with Crippen molar-refractivity contribution in [2.45, 2.75) is 6.54 Å². The van der Waals surface area contributed by atoms with Gasteiger partial charge in [0.25, 0.3) is 0 Å². The summed E-state index contributed by atoms with van der Waals surface area (Å²) in [6.07, 6.45) is 3.28. The van der Waals surface area contributed by atoms with E-state index in [1.165, 1.54) is 11.3 Å². The summed E-state index contributed by atoms with van der Waals surface area (Å²) in [6, 6.07) is 9.60. The van der Waals surface area contributed by atoms with Crippen LogP contribution >= 0.6 is 11.3 Å². The average molecular weight is 299 g/mol. The quantitative estimate of drug-likeness (QED) is 0.755. The molecule has 2 aromatic heterocycles. The predicted molar refractivity (Wildman–Crippen MR) is 81.5 cm³/mol. The first kappa shape index (κ1) is 13.3. The van der Waals surface area contributed by atoms with E-state index in [0.717, 1.165) is 16.3 Å². The van der Waals surface area contributed by atoms with Gasteiger partial charge in [-0.25, -0.2) is 0 Å². The van der Waals surface area contributed by atoms with Crippen molar-refractivity contribution in [3.8, 4) is 5.69 Å². The molecule has 0 radical (unpaired) electrons. The molecule has 21 heavy (non-hydrogen) atoms. The number of nitrogens with two attached hydrogens (primary N) is 1. The Balaban J connectivity index is 1.64. The summed E-state index contributed by atoms with van der Waals surface area (Å²) < 4.78 is 0. The van der Waals surface area contributed by atoms with Gasteiger partial charge in [0.15, 0.2) is 0 Å². The van der Waals surface area contributed by atoms with Crippen LogP contribution in [0.15, 0.2) is 48.1 Å². The third kappa shape index (κ3) is 3.09. The lowest BCUT2D eigenvalue weighted by Crippen LogP contribution is -2.09. The van der Waals surface area contributed by atoms with Crippen molar-refractivity contribution < 1.29 is 4.79 Å². The number of nitrogens with zero attached hydrogens (tertiary/aromatic N) is 3. The molecule has 0 aliphatic heterocycles. The number of hydrogen-bond acceptors (Lipinski definition) is 5. The van der Waals surface area contributed by atoms with Crippen LogP contribution < -0.4 is 11.1 Å². The smallest absolute Gasteiger partial charge is 0.249 e. The topological polar surface area (TPSA) is 85.8 Å². The SMILES string of the molecule is NC(=O)c1csc(CNc2ccc(-n3nccn3)cc2)c1. The summed E-state index contributed by atoms with van der Waals surface area (Å²) in [4.78, 5) is 13.6. The largest absolute Gasteiger partial charge is 0.380 e. The Morgan fingerprint density at radius 1 is 1.24 bits per heavy atom. The molecule has 1 aromatic carbocycles. The van der Waals surface area contributed by atoms with E-state index >= 15 is 0 Å². The molecule has 0 saturated carbocycles. The number of amides is 1. The van der Waals surface area contributed by atoms with Gasteiger partial charge in [0.1, 0.15) is 0 Å². The zero-order valence-electron chi connectivity index (χ0n) is 11.1. The van der Waals surface area contributed by atoms with E-state index in [1.54, 1.807) is 22.6 Å². The van der Waals surface area contributed by atoms with Crippen molar-refractivity contribution >= 4 is 22.9 Å². The van der Waals surface area contributed by atoms with Crippen molar-refractivity contribution in [3.63, 3.8) is 0 Å². The van der Waals surface area contributed by atoms with Gasteiger partial charge in [0, 0.05) is 22.5 Å². The van der Waals surface area contributed by atoms with E-state index in [1.807, 2.05) is 30.3 Å². The number of carbonyl (C=O) groups excluding carboxylic acids is 1. The summed E-state index contributed by atoms with van der Waals surface area (Å²) in [7, 11) is 0. The Bertz CT molecular complexity index is 733. The molecule has 0 unspecified atom stereocenters. The molecule has 0 aliphatic rings. The van der Waals surface area contributed by atoms with Gasteiger partial charge in [0.05, 0.1) is 23.6 Å². The van der Waals surface area contributed by atoms with Crippen molar-refractivity contribution in [1.82, 2.24) is 15.0 Å². The van der Waals surface area contributed by atoms with Crippen LogP contribution in [-0.4, -0.2) is 20.9 Å². The molecule has 0 aliphatic carbocycles. The van der Waals surface area contributed by atoms with Gasteiger partial charge in [-0.2, -0.15) is 15.0 Å². The molecule has 0 fully saturated rings. The van der Waals surface area contributed by atoms with E-state index in [2.05, 4.69) is 15.5 Å².